The molecule has 0 fully saturated rings. The Hall–Kier alpha value is -1.46. The molecular formula is C11H11FN2OS. The van der Waals surface area contributed by atoms with E-state index in [1.54, 1.807) is 18.2 Å². The van der Waals surface area contributed by atoms with Gasteiger partial charge in [0.2, 0.25) is 0 Å². The Kier molecular flexibility index (Phi) is 3.48. The highest BCUT2D eigenvalue weighted by molar-refractivity contribution is 7.09. The van der Waals surface area contributed by atoms with Crippen molar-refractivity contribution in [1.82, 2.24) is 4.98 Å². The molecule has 0 aliphatic heterocycles. The number of benzene rings is 1. The number of hydrogen-bond acceptors (Lipinski definition) is 4. The number of hydrogen-bond donors (Lipinski definition) is 1. The molecule has 84 valence electrons. The fraction of sp³-hybridized carbons (Fsp3) is 0.182. The van der Waals surface area contributed by atoms with Gasteiger partial charge in [-0.25, -0.2) is 9.37 Å². The van der Waals surface area contributed by atoms with Gasteiger partial charge in [0.25, 0.3) is 0 Å². The second-order valence-electron chi connectivity index (χ2n) is 3.16. The van der Waals surface area contributed by atoms with E-state index in [0.29, 0.717) is 6.54 Å². The fourth-order valence-electron chi connectivity index (χ4n) is 1.21. The van der Waals surface area contributed by atoms with Crippen LogP contribution in [0.3, 0.4) is 0 Å². The lowest BCUT2D eigenvalue weighted by Crippen LogP contribution is -1.99. The molecular weight excluding hydrogens is 227 g/mol. The number of para-hydroxylation sites is 1. The van der Waals surface area contributed by atoms with Crippen molar-refractivity contribution in [2.75, 3.05) is 0 Å². The van der Waals surface area contributed by atoms with Crippen molar-refractivity contribution in [2.45, 2.75) is 13.2 Å². The third-order valence-corrected chi connectivity index (χ3v) is 2.87. The molecule has 0 radical (unpaired) electrons. The standard InChI is InChI=1S/C11H11FN2OS/c12-9-3-1-2-4-10(9)15-6-11-14-8(5-13)7-16-11/h1-4,7H,5-6,13H2. The van der Waals surface area contributed by atoms with Gasteiger partial charge >= 0.3 is 0 Å². The van der Waals surface area contributed by atoms with Crippen LogP contribution in [0.4, 0.5) is 4.39 Å². The van der Waals surface area contributed by atoms with Crippen molar-refractivity contribution in [3.8, 4) is 5.75 Å². The van der Waals surface area contributed by atoms with E-state index in [0.717, 1.165) is 10.7 Å². The summed E-state index contributed by atoms with van der Waals surface area (Å²) in [5.41, 5.74) is 6.27. The quantitative estimate of drug-likeness (QED) is 0.889. The van der Waals surface area contributed by atoms with Gasteiger partial charge in [0, 0.05) is 11.9 Å². The van der Waals surface area contributed by atoms with Crippen molar-refractivity contribution in [2.24, 2.45) is 5.73 Å². The summed E-state index contributed by atoms with van der Waals surface area (Å²) >= 11 is 1.46. The molecule has 0 aliphatic rings. The molecule has 1 heterocycles. The largest absolute Gasteiger partial charge is 0.483 e. The zero-order chi connectivity index (χ0) is 11.4. The average Bonchev–Trinajstić information content (AvgIpc) is 2.76. The second-order valence-corrected chi connectivity index (χ2v) is 4.10. The minimum absolute atomic E-state index is 0.243. The van der Waals surface area contributed by atoms with Crippen molar-refractivity contribution in [1.29, 1.82) is 0 Å². The third-order valence-electron chi connectivity index (χ3n) is 2.00. The number of nitrogens with two attached hydrogens (primary N) is 1. The van der Waals surface area contributed by atoms with E-state index in [2.05, 4.69) is 4.98 Å². The van der Waals surface area contributed by atoms with Crippen LogP contribution in [0, 0.1) is 5.82 Å². The first-order valence-electron chi connectivity index (χ1n) is 4.80. The topological polar surface area (TPSA) is 48.1 Å². The summed E-state index contributed by atoms with van der Waals surface area (Å²) in [7, 11) is 0. The molecule has 0 saturated heterocycles. The lowest BCUT2D eigenvalue weighted by molar-refractivity contribution is 0.289. The van der Waals surface area contributed by atoms with Crippen molar-refractivity contribution in [3.05, 3.63) is 46.2 Å². The van der Waals surface area contributed by atoms with Gasteiger partial charge in [-0.15, -0.1) is 11.3 Å². The van der Waals surface area contributed by atoms with E-state index in [1.165, 1.54) is 17.4 Å². The summed E-state index contributed by atoms with van der Waals surface area (Å²) in [6.45, 7) is 0.682. The summed E-state index contributed by atoms with van der Waals surface area (Å²) < 4.78 is 18.5. The van der Waals surface area contributed by atoms with Crippen LogP contribution in [-0.4, -0.2) is 4.98 Å². The number of rotatable bonds is 4. The maximum absolute atomic E-state index is 13.2. The van der Waals surface area contributed by atoms with Crippen molar-refractivity contribution in [3.63, 3.8) is 0 Å². The molecule has 0 aliphatic carbocycles. The molecule has 2 N–H and O–H groups in total. The maximum atomic E-state index is 13.2. The van der Waals surface area contributed by atoms with Gasteiger partial charge < -0.3 is 10.5 Å². The van der Waals surface area contributed by atoms with Gasteiger partial charge in [0.05, 0.1) is 5.69 Å². The van der Waals surface area contributed by atoms with Crippen LogP contribution >= 0.6 is 11.3 Å². The molecule has 1 aromatic carbocycles. The number of halogens is 1. The number of aromatic nitrogens is 1. The van der Waals surface area contributed by atoms with Gasteiger partial charge in [0.1, 0.15) is 11.6 Å². The van der Waals surface area contributed by atoms with E-state index >= 15 is 0 Å². The van der Waals surface area contributed by atoms with Crippen LogP contribution in [0.25, 0.3) is 0 Å². The molecule has 0 bridgehead atoms. The fourth-order valence-corrected chi connectivity index (χ4v) is 1.93. The highest BCUT2D eigenvalue weighted by Gasteiger charge is 2.04. The molecule has 0 spiro atoms. The zero-order valence-corrected chi connectivity index (χ0v) is 9.34. The molecule has 2 aromatic rings. The summed E-state index contributed by atoms with van der Waals surface area (Å²) in [6.07, 6.45) is 0. The Labute approximate surface area is 96.7 Å². The number of thiazole rings is 1. The molecule has 0 atom stereocenters. The SMILES string of the molecule is NCc1csc(COc2ccccc2F)n1. The van der Waals surface area contributed by atoms with Crippen LogP contribution < -0.4 is 10.5 Å². The van der Waals surface area contributed by atoms with Crippen LogP contribution in [0.1, 0.15) is 10.7 Å². The smallest absolute Gasteiger partial charge is 0.165 e. The summed E-state index contributed by atoms with van der Waals surface area (Å²) in [6, 6.07) is 6.30. The molecule has 2 rings (SSSR count). The Morgan fingerprint density at radius 3 is 2.88 bits per heavy atom. The van der Waals surface area contributed by atoms with Gasteiger partial charge in [-0.05, 0) is 12.1 Å². The van der Waals surface area contributed by atoms with Gasteiger partial charge in [0.15, 0.2) is 11.6 Å². The van der Waals surface area contributed by atoms with E-state index in [-0.39, 0.29) is 18.2 Å². The summed E-state index contributed by atoms with van der Waals surface area (Å²) in [4.78, 5) is 4.22. The van der Waals surface area contributed by atoms with Crippen LogP contribution in [0.15, 0.2) is 29.6 Å². The minimum atomic E-state index is -0.363. The molecule has 16 heavy (non-hydrogen) atoms. The third kappa shape index (κ3) is 2.56. The summed E-state index contributed by atoms with van der Waals surface area (Å²) in [5.74, 6) is -0.120. The normalized spacial score (nSPS) is 10.4. The molecule has 5 heteroatoms. The Bertz CT molecular complexity index is 473. The molecule has 3 nitrogen and oxygen atoms in total. The van der Waals surface area contributed by atoms with Crippen LogP contribution in [-0.2, 0) is 13.2 Å². The zero-order valence-electron chi connectivity index (χ0n) is 8.52. The Morgan fingerprint density at radius 1 is 1.38 bits per heavy atom. The number of nitrogens with zero attached hydrogens (tertiary/aromatic N) is 1. The predicted molar refractivity (Wildman–Crippen MR) is 60.7 cm³/mol. The maximum Gasteiger partial charge on any atom is 0.165 e. The Balaban J connectivity index is 1.99. The van der Waals surface area contributed by atoms with Crippen molar-refractivity contribution >= 4 is 11.3 Å². The van der Waals surface area contributed by atoms with E-state index in [4.69, 9.17) is 10.5 Å². The minimum Gasteiger partial charge on any atom is -0.483 e. The molecule has 0 saturated carbocycles. The van der Waals surface area contributed by atoms with Crippen molar-refractivity contribution < 1.29 is 9.13 Å². The van der Waals surface area contributed by atoms with Gasteiger partial charge in [-0.2, -0.15) is 0 Å². The summed E-state index contributed by atoms with van der Waals surface area (Å²) in [5, 5.41) is 2.67. The lowest BCUT2D eigenvalue weighted by Gasteiger charge is -2.04. The lowest BCUT2D eigenvalue weighted by atomic mass is 10.3. The van der Waals surface area contributed by atoms with E-state index < -0.39 is 0 Å². The first-order chi connectivity index (χ1) is 7.79. The van der Waals surface area contributed by atoms with E-state index in [9.17, 15) is 4.39 Å². The van der Waals surface area contributed by atoms with Crippen LogP contribution in [0.5, 0.6) is 5.75 Å². The predicted octanol–water partition coefficient (Wildman–Crippen LogP) is 2.32. The molecule has 0 unspecified atom stereocenters. The average molecular weight is 238 g/mol. The molecule has 1 aromatic heterocycles. The highest BCUT2D eigenvalue weighted by Crippen LogP contribution is 2.18. The number of ether oxygens (including phenoxy) is 1. The van der Waals surface area contributed by atoms with Crippen LogP contribution in [0.2, 0.25) is 0 Å². The first-order valence-corrected chi connectivity index (χ1v) is 5.68. The van der Waals surface area contributed by atoms with E-state index in [1.807, 2.05) is 5.38 Å². The molecule has 0 amide bonds. The first kappa shape index (κ1) is 11.0. The monoisotopic (exact) mass is 238 g/mol. The highest BCUT2D eigenvalue weighted by atomic mass is 32.1. The Morgan fingerprint density at radius 2 is 2.19 bits per heavy atom. The van der Waals surface area contributed by atoms with Gasteiger partial charge in [-0.1, -0.05) is 12.1 Å². The second kappa shape index (κ2) is 5.05. The van der Waals surface area contributed by atoms with Gasteiger partial charge in [-0.3, -0.25) is 0 Å².